The minimum atomic E-state index is -0.931. The second-order valence-corrected chi connectivity index (χ2v) is 5.45. The quantitative estimate of drug-likeness (QED) is 0.826. The Hall–Kier alpha value is -1.84. The van der Waals surface area contributed by atoms with Crippen LogP contribution < -0.4 is 5.32 Å². The van der Waals surface area contributed by atoms with E-state index in [-0.39, 0.29) is 12.5 Å². The van der Waals surface area contributed by atoms with Crippen LogP contribution in [0.1, 0.15) is 31.4 Å². The molecule has 2 N–H and O–H groups in total. The van der Waals surface area contributed by atoms with Crippen LogP contribution in [0, 0.1) is 12.3 Å². The third-order valence-corrected chi connectivity index (χ3v) is 3.07. The molecule has 1 aromatic rings. The maximum absolute atomic E-state index is 11.6. The summed E-state index contributed by atoms with van der Waals surface area (Å²) in [5.41, 5.74) is 1.37. The van der Waals surface area contributed by atoms with Crippen LogP contribution in [0.25, 0.3) is 0 Å². The summed E-state index contributed by atoms with van der Waals surface area (Å²) in [6.07, 6.45) is 1.04. The van der Waals surface area contributed by atoms with E-state index in [9.17, 15) is 9.59 Å². The van der Waals surface area contributed by atoms with Gasteiger partial charge in [-0.1, -0.05) is 29.8 Å². The van der Waals surface area contributed by atoms with Crippen molar-refractivity contribution in [2.24, 2.45) is 5.41 Å². The number of carboxylic acids is 1. The molecule has 0 spiro atoms. The molecule has 0 aliphatic carbocycles. The van der Waals surface area contributed by atoms with Gasteiger partial charge in [0.1, 0.15) is 0 Å². The number of rotatable bonds is 6. The molecule has 1 amide bonds. The van der Waals surface area contributed by atoms with Crippen LogP contribution in [0.3, 0.4) is 0 Å². The van der Waals surface area contributed by atoms with E-state index in [1.165, 1.54) is 5.56 Å². The van der Waals surface area contributed by atoms with E-state index in [0.29, 0.717) is 12.8 Å². The van der Waals surface area contributed by atoms with Crippen LogP contribution in [-0.2, 0) is 16.0 Å². The van der Waals surface area contributed by atoms with Gasteiger partial charge in [-0.3, -0.25) is 9.59 Å². The summed E-state index contributed by atoms with van der Waals surface area (Å²) in [5.74, 6) is -1.03. The third kappa shape index (κ3) is 5.12. The lowest BCUT2D eigenvalue weighted by molar-refractivity contribution is -0.146. The lowest BCUT2D eigenvalue weighted by Crippen LogP contribution is -2.38. The van der Waals surface area contributed by atoms with Gasteiger partial charge in [0, 0.05) is 13.0 Å². The van der Waals surface area contributed by atoms with Gasteiger partial charge < -0.3 is 10.4 Å². The van der Waals surface area contributed by atoms with Gasteiger partial charge in [0.15, 0.2) is 0 Å². The zero-order valence-electron chi connectivity index (χ0n) is 11.7. The fourth-order valence-electron chi connectivity index (χ4n) is 1.50. The molecule has 0 bridgehead atoms. The van der Waals surface area contributed by atoms with Crippen molar-refractivity contribution >= 4 is 11.9 Å². The average Bonchev–Trinajstić information content (AvgIpc) is 2.35. The monoisotopic (exact) mass is 263 g/mol. The molecule has 0 atom stereocenters. The van der Waals surface area contributed by atoms with E-state index in [4.69, 9.17) is 5.11 Å². The smallest absolute Gasteiger partial charge is 0.310 e. The van der Waals surface area contributed by atoms with Crippen molar-refractivity contribution in [3.63, 3.8) is 0 Å². The SMILES string of the molecule is Cc1ccc(CCC(=O)NCC(C)(C)C(=O)O)cc1. The number of carbonyl (C=O) groups excluding carboxylic acids is 1. The number of nitrogens with one attached hydrogen (secondary N) is 1. The summed E-state index contributed by atoms with van der Waals surface area (Å²) in [4.78, 5) is 22.5. The summed E-state index contributed by atoms with van der Waals surface area (Å²) < 4.78 is 0. The van der Waals surface area contributed by atoms with Crippen molar-refractivity contribution in [2.45, 2.75) is 33.6 Å². The molecule has 0 radical (unpaired) electrons. The first kappa shape index (κ1) is 15.2. The Morgan fingerprint density at radius 3 is 2.32 bits per heavy atom. The second-order valence-electron chi connectivity index (χ2n) is 5.45. The zero-order valence-corrected chi connectivity index (χ0v) is 11.7. The van der Waals surface area contributed by atoms with Crippen molar-refractivity contribution < 1.29 is 14.7 Å². The number of hydrogen-bond acceptors (Lipinski definition) is 2. The molecule has 0 aliphatic heterocycles. The molecular weight excluding hydrogens is 242 g/mol. The molecule has 19 heavy (non-hydrogen) atoms. The molecule has 1 aromatic carbocycles. The molecule has 4 heteroatoms. The highest BCUT2D eigenvalue weighted by Crippen LogP contribution is 2.13. The summed E-state index contributed by atoms with van der Waals surface area (Å²) in [6, 6.07) is 8.04. The van der Waals surface area contributed by atoms with Crippen molar-refractivity contribution in [3.05, 3.63) is 35.4 Å². The summed E-state index contributed by atoms with van der Waals surface area (Å²) >= 11 is 0. The van der Waals surface area contributed by atoms with Crippen LogP contribution >= 0.6 is 0 Å². The Labute approximate surface area is 113 Å². The molecule has 0 aliphatic rings. The van der Waals surface area contributed by atoms with Gasteiger partial charge >= 0.3 is 5.97 Å². The Morgan fingerprint density at radius 2 is 1.79 bits per heavy atom. The highest BCUT2D eigenvalue weighted by atomic mass is 16.4. The van der Waals surface area contributed by atoms with E-state index >= 15 is 0 Å². The lowest BCUT2D eigenvalue weighted by atomic mass is 9.94. The topological polar surface area (TPSA) is 66.4 Å². The van der Waals surface area contributed by atoms with Gasteiger partial charge in [-0.25, -0.2) is 0 Å². The standard InChI is InChI=1S/C15H21NO3/c1-11-4-6-12(7-5-11)8-9-13(17)16-10-15(2,3)14(18)19/h4-7H,8-10H2,1-3H3,(H,16,17)(H,18,19). The molecule has 0 heterocycles. The van der Waals surface area contributed by atoms with Gasteiger partial charge in [-0.2, -0.15) is 0 Å². The van der Waals surface area contributed by atoms with Gasteiger partial charge in [0.2, 0.25) is 5.91 Å². The van der Waals surface area contributed by atoms with E-state index < -0.39 is 11.4 Å². The number of benzene rings is 1. The van der Waals surface area contributed by atoms with Crippen molar-refractivity contribution in [2.75, 3.05) is 6.54 Å². The van der Waals surface area contributed by atoms with Crippen molar-refractivity contribution in [3.8, 4) is 0 Å². The van der Waals surface area contributed by atoms with Gasteiger partial charge in [0.25, 0.3) is 0 Å². The number of aryl methyl sites for hydroxylation is 2. The molecule has 0 fully saturated rings. The van der Waals surface area contributed by atoms with Gasteiger partial charge in [-0.05, 0) is 32.8 Å². The fourth-order valence-corrected chi connectivity index (χ4v) is 1.50. The van der Waals surface area contributed by atoms with Crippen LogP contribution in [0.15, 0.2) is 24.3 Å². The summed E-state index contributed by atoms with van der Waals surface area (Å²) in [5, 5.41) is 11.6. The second kappa shape index (κ2) is 6.36. The highest BCUT2D eigenvalue weighted by Gasteiger charge is 2.27. The first-order chi connectivity index (χ1) is 8.81. The number of hydrogen-bond donors (Lipinski definition) is 2. The molecular formula is C15H21NO3. The average molecular weight is 263 g/mol. The first-order valence-electron chi connectivity index (χ1n) is 6.37. The molecule has 0 saturated heterocycles. The minimum absolute atomic E-state index is 0.116. The first-order valence-corrected chi connectivity index (χ1v) is 6.37. The third-order valence-electron chi connectivity index (χ3n) is 3.07. The Bertz CT molecular complexity index is 449. The Balaban J connectivity index is 2.36. The Morgan fingerprint density at radius 1 is 1.21 bits per heavy atom. The maximum atomic E-state index is 11.6. The number of aliphatic carboxylic acids is 1. The maximum Gasteiger partial charge on any atom is 0.310 e. The fraction of sp³-hybridized carbons (Fsp3) is 0.467. The van der Waals surface area contributed by atoms with E-state index in [2.05, 4.69) is 5.32 Å². The molecule has 1 rings (SSSR count). The van der Waals surface area contributed by atoms with Crippen molar-refractivity contribution in [1.29, 1.82) is 0 Å². The highest BCUT2D eigenvalue weighted by molar-refractivity contribution is 5.78. The summed E-state index contributed by atoms with van der Waals surface area (Å²) in [6.45, 7) is 5.35. The van der Waals surface area contributed by atoms with Crippen LogP contribution in [0.2, 0.25) is 0 Å². The van der Waals surface area contributed by atoms with E-state index in [1.807, 2.05) is 31.2 Å². The van der Waals surface area contributed by atoms with Crippen molar-refractivity contribution in [1.82, 2.24) is 5.32 Å². The van der Waals surface area contributed by atoms with Crippen LogP contribution in [-0.4, -0.2) is 23.5 Å². The van der Waals surface area contributed by atoms with Gasteiger partial charge in [0.05, 0.1) is 5.41 Å². The molecule has 0 aromatic heterocycles. The predicted molar refractivity (Wildman–Crippen MR) is 73.9 cm³/mol. The molecule has 0 unspecified atom stereocenters. The van der Waals surface area contributed by atoms with E-state index in [0.717, 1.165) is 5.56 Å². The number of carboxylic acid groups (broad SMARTS) is 1. The number of carbonyl (C=O) groups is 2. The largest absolute Gasteiger partial charge is 0.481 e. The van der Waals surface area contributed by atoms with Crippen LogP contribution in [0.4, 0.5) is 0 Å². The molecule has 4 nitrogen and oxygen atoms in total. The zero-order chi connectivity index (χ0) is 14.5. The van der Waals surface area contributed by atoms with E-state index in [1.54, 1.807) is 13.8 Å². The normalized spacial score (nSPS) is 11.1. The summed E-state index contributed by atoms with van der Waals surface area (Å²) in [7, 11) is 0. The molecule has 104 valence electrons. The Kier molecular flexibility index (Phi) is 5.10. The van der Waals surface area contributed by atoms with Gasteiger partial charge in [-0.15, -0.1) is 0 Å². The molecule has 0 saturated carbocycles. The lowest BCUT2D eigenvalue weighted by Gasteiger charge is -2.19. The minimum Gasteiger partial charge on any atom is -0.481 e. The predicted octanol–water partition coefficient (Wildman–Crippen LogP) is 2.15. The number of amides is 1. The van der Waals surface area contributed by atoms with Crippen LogP contribution in [0.5, 0.6) is 0 Å².